The number of benzene rings is 1. The number of hydrogen-bond acceptors (Lipinski definition) is 3. The van der Waals surface area contributed by atoms with E-state index in [2.05, 4.69) is 24.1 Å². The fourth-order valence-corrected chi connectivity index (χ4v) is 2.97. The Hall–Kier alpha value is -0.840. The van der Waals surface area contributed by atoms with Gasteiger partial charge in [0.15, 0.2) is 0 Å². The van der Waals surface area contributed by atoms with Crippen molar-refractivity contribution in [2.45, 2.75) is 26.3 Å². The number of nitrogens with zero attached hydrogens (tertiary/aromatic N) is 1. The number of rotatable bonds is 4. The number of hydrogen-bond donors (Lipinski definition) is 2. The van der Waals surface area contributed by atoms with E-state index in [1.807, 2.05) is 0 Å². The first-order valence-corrected chi connectivity index (χ1v) is 7.49. The van der Waals surface area contributed by atoms with E-state index < -0.39 is 5.82 Å². The van der Waals surface area contributed by atoms with Crippen LogP contribution in [0.1, 0.15) is 31.9 Å². The molecule has 1 aromatic rings. The average Bonchev–Trinajstić information content (AvgIpc) is 2.41. The van der Waals surface area contributed by atoms with Gasteiger partial charge in [-0.2, -0.15) is 0 Å². The predicted octanol–water partition coefficient (Wildman–Crippen LogP) is 3.18. The first-order chi connectivity index (χ1) is 9.49. The summed E-state index contributed by atoms with van der Waals surface area (Å²) < 4.78 is 13.6. The van der Waals surface area contributed by atoms with E-state index in [1.54, 1.807) is 0 Å². The molecule has 0 aromatic heterocycles. The maximum atomic E-state index is 13.6. The van der Waals surface area contributed by atoms with Gasteiger partial charge in [0.2, 0.25) is 0 Å². The van der Waals surface area contributed by atoms with Crippen LogP contribution in [0.3, 0.4) is 0 Å². The van der Waals surface area contributed by atoms with E-state index in [9.17, 15) is 9.50 Å². The highest BCUT2D eigenvalue weighted by atomic mass is 35.5. The van der Waals surface area contributed by atoms with Crippen LogP contribution < -0.4 is 5.32 Å². The monoisotopic (exact) mass is 300 g/mol. The Morgan fingerprint density at radius 1 is 1.35 bits per heavy atom. The molecule has 0 radical (unpaired) electrons. The smallest absolute Gasteiger partial charge is 0.139 e. The highest BCUT2D eigenvalue weighted by Gasteiger charge is 2.26. The van der Waals surface area contributed by atoms with Crippen molar-refractivity contribution in [1.82, 2.24) is 10.2 Å². The molecule has 20 heavy (non-hydrogen) atoms. The molecular weight excluding hydrogens is 279 g/mol. The van der Waals surface area contributed by atoms with E-state index in [4.69, 9.17) is 11.6 Å². The van der Waals surface area contributed by atoms with Crippen LogP contribution in [0.25, 0.3) is 0 Å². The van der Waals surface area contributed by atoms with Crippen LogP contribution in [0.2, 0.25) is 5.02 Å². The van der Waals surface area contributed by atoms with Crippen LogP contribution in [-0.2, 0) is 0 Å². The number of nitrogens with one attached hydrogen (secondary N) is 1. The van der Waals surface area contributed by atoms with Crippen LogP contribution in [0.15, 0.2) is 12.1 Å². The first-order valence-electron chi connectivity index (χ1n) is 7.11. The Bertz CT molecular complexity index is 461. The van der Waals surface area contributed by atoms with Gasteiger partial charge in [0.05, 0.1) is 5.02 Å². The summed E-state index contributed by atoms with van der Waals surface area (Å²) in [5, 5.41) is 13.6. The predicted molar refractivity (Wildman–Crippen MR) is 79.7 cm³/mol. The molecule has 0 aliphatic carbocycles. The molecule has 1 saturated heterocycles. The highest BCUT2D eigenvalue weighted by molar-refractivity contribution is 6.32. The normalized spacial score (nSPS) is 18.4. The molecule has 1 aliphatic rings. The highest BCUT2D eigenvalue weighted by Crippen LogP contribution is 2.38. The molecule has 0 bridgehead atoms. The van der Waals surface area contributed by atoms with Crippen molar-refractivity contribution in [3.63, 3.8) is 0 Å². The second-order valence-electron chi connectivity index (χ2n) is 5.76. The summed E-state index contributed by atoms with van der Waals surface area (Å²) in [6, 6.07) is 2.58. The number of piperazine rings is 1. The van der Waals surface area contributed by atoms with Crippen molar-refractivity contribution in [2.24, 2.45) is 5.92 Å². The number of phenols is 1. The summed E-state index contributed by atoms with van der Waals surface area (Å²) in [4.78, 5) is 2.29. The van der Waals surface area contributed by atoms with Gasteiger partial charge in [-0.3, -0.25) is 4.90 Å². The molecule has 0 amide bonds. The Morgan fingerprint density at radius 3 is 2.60 bits per heavy atom. The molecule has 1 heterocycles. The summed E-state index contributed by atoms with van der Waals surface area (Å²) in [6.45, 7) is 7.88. The van der Waals surface area contributed by atoms with E-state index >= 15 is 0 Å². The van der Waals surface area contributed by atoms with Gasteiger partial charge in [0.1, 0.15) is 11.6 Å². The van der Waals surface area contributed by atoms with Gasteiger partial charge in [-0.25, -0.2) is 4.39 Å². The lowest BCUT2D eigenvalue weighted by molar-refractivity contribution is 0.151. The fourth-order valence-electron chi connectivity index (χ4n) is 2.75. The van der Waals surface area contributed by atoms with Gasteiger partial charge in [0.25, 0.3) is 0 Å². The van der Waals surface area contributed by atoms with E-state index in [-0.39, 0.29) is 16.8 Å². The largest absolute Gasteiger partial charge is 0.506 e. The third-order valence-electron chi connectivity index (χ3n) is 3.70. The van der Waals surface area contributed by atoms with Crippen molar-refractivity contribution in [1.29, 1.82) is 0 Å². The molecular formula is C15H22ClFN2O. The minimum absolute atomic E-state index is 0.00491. The Balaban J connectivity index is 2.34. The zero-order valence-electron chi connectivity index (χ0n) is 12.0. The van der Waals surface area contributed by atoms with Crippen LogP contribution >= 0.6 is 11.6 Å². The maximum absolute atomic E-state index is 13.6. The molecule has 1 aromatic carbocycles. The second-order valence-corrected chi connectivity index (χ2v) is 6.16. The lowest BCUT2D eigenvalue weighted by Gasteiger charge is -2.36. The molecule has 1 fully saturated rings. The number of phenolic OH excluding ortho intramolecular Hbond substituents is 1. The quantitative estimate of drug-likeness (QED) is 0.896. The summed E-state index contributed by atoms with van der Waals surface area (Å²) in [6.07, 6.45) is 0.868. The minimum Gasteiger partial charge on any atom is -0.506 e. The van der Waals surface area contributed by atoms with Gasteiger partial charge in [0, 0.05) is 37.8 Å². The number of aromatic hydroxyl groups is 1. The second kappa shape index (κ2) is 6.74. The van der Waals surface area contributed by atoms with Crippen LogP contribution in [0.5, 0.6) is 5.75 Å². The zero-order valence-corrected chi connectivity index (χ0v) is 12.8. The molecule has 1 aliphatic heterocycles. The minimum atomic E-state index is -0.397. The summed E-state index contributed by atoms with van der Waals surface area (Å²) in [5.74, 6) is 0.0697. The summed E-state index contributed by atoms with van der Waals surface area (Å²) in [5.41, 5.74) is 0.602. The van der Waals surface area contributed by atoms with Crippen molar-refractivity contribution in [2.75, 3.05) is 26.2 Å². The molecule has 1 atom stereocenters. The van der Waals surface area contributed by atoms with Crippen LogP contribution in [-0.4, -0.2) is 36.2 Å². The molecule has 0 saturated carbocycles. The topological polar surface area (TPSA) is 35.5 Å². The van der Waals surface area contributed by atoms with Crippen molar-refractivity contribution in [3.8, 4) is 5.75 Å². The lowest BCUT2D eigenvalue weighted by Crippen LogP contribution is -2.45. The van der Waals surface area contributed by atoms with Crippen molar-refractivity contribution < 1.29 is 9.50 Å². The lowest BCUT2D eigenvalue weighted by atomic mass is 9.94. The Kier molecular flexibility index (Phi) is 5.24. The van der Waals surface area contributed by atoms with Gasteiger partial charge in [-0.1, -0.05) is 25.4 Å². The Morgan fingerprint density at radius 2 is 2.00 bits per heavy atom. The van der Waals surface area contributed by atoms with Crippen LogP contribution in [0, 0.1) is 11.7 Å². The molecule has 2 rings (SSSR count). The molecule has 2 N–H and O–H groups in total. The zero-order chi connectivity index (χ0) is 14.7. The van der Waals surface area contributed by atoms with Crippen molar-refractivity contribution >= 4 is 11.6 Å². The molecule has 3 nitrogen and oxygen atoms in total. The average molecular weight is 301 g/mol. The van der Waals surface area contributed by atoms with Crippen LogP contribution in [0.4, 0.5) is 4.39 Å². The molecule has 112 valence electrons. The van der Waals surface area contributed by atoms with Gasteiger partial charge < -0.3 is 10.4 Å². The van der Waals surface area contributed by atoms with E-state index in [1.165, 1.54) is 6.07 Å². The third-order valence-corrected chi connectivity index (χ3v) is 3.99. The standard InChI is InChI=1S/C15H22ClFN2O/c1-10(2)7-14(19-5-3-18-4-6-19)12-8-11(17)9-13(16)15(12)20/h8-10,14,18,20H,3-7H2,1-2H3/t14-/m0/s1. The number of halogens is 2. The molecule has 0 spiro atoms. The van der Waals surface area contributed by atoms with Gasteiger partial charge in [-0.15, -0.1) is 0 Å². The van der Waals surface area contributed by atoms with Gasteiger partial charge in [-0.05, 0) is 24.5 Å². The summed E-state index contributed by atoms with van der Waals surface area (Å²) >= 11 is 5.92. The molecule has 5 heteroatoms. The van der Waals surface area contributed by atoms with E-state index in [0.29, 0.717) is 11.5 Å². The molecule has 0 unspecified atom stereocenters. The van der Waals surface area contributed by atoms with Crippen molar-refractivity contribution in [3.05, 3.63) is 28.5 Å². The van der Waals surface area contributed by atoms with E-state index in [0.717, 1.165) is 38.7 Å². The third kappa shape index (κ3) is 3.62. The SMILES string of the molecule is CC(C)C[C@@H](c1cc(F)cc(Cl)c1O)N1CCNCC1. The Labute approximate surface area is 124 Å². The fraction of sp³-hybridized carbons (Fsp3) is 0.600. The first kappa shape index (κ1) is 15.5. The maximum Gasteiger partial charge on any atom is 0.139 e. The summed E-state index contributed by atoms with van der Waals surface area (Å²) in [7, 11) is 0. The van der Waals surface area contributed by atoms with Gasteiger partial charge >= 0.3 is 0 Å².